The molecule has 0 aliphatic heterocycles. The van der Waals surface area contributed by atoms with E-state index in [-0.39, 0.29) is 0 Å². The van der Waals surface area contributed by atoms with Crippen molar-refractivity contribution >= 4 is 11.9 Å². The summed E-state index contributed by atoms with van der Waals surface area (Å²) in [5, 5.41) is 4.64. The Balaban J connectivity index is 1.60. The fourth-order valence-corrected chi connectivity index (χ4v) is 4.21. The van der Waals surface area contributed by atoms with Crippen LogP contribution in [-0.4, -0.2) is 27.7 Å². The van der Waals surface area contributed by atoms with Gasteiger partial charge < -0.3 is 4.74 Å². The number of hydrogen-bond donors (Lipinski definition) is 0. The molecule has 0 amide bonds. The topological polar surface area (TPSA) is 57.0 Å². The van der Waals surface area contributed by atoms with Gasteiger partial charge in [-0.15, -0.1) is 0 Å². The standard InChI is InChI=1S/C21H25N3O2/c25-14-19-21(10-5-12-22-19)26-15-16-6-1-4-9-18(16)20-11-13-23-24(20)17-7-2-3-8-17/h5,10-14,17H,1-4,6-9,15H2. The number of rotatable bonds is 6. The second kappa shape index (κ2) is 7.85. The molecule has 4 rings (SSSR count). The maximum absolute atomic E-state index is 11.2. The summed E-state index contributed by atoms with van der Waals surface area (Å²) in [7, 11) is 0. The number of hydrogen-bond acceptors (Lipinski definition) is 4. The first-order valence-corrected chi connectivity index (χ1v) is 9.64. The van der Waals surface area contributed by atoms with Gasteiger partial charge in [0.15, 0.2) is 6.29 Å². The Morgan fingerprint density at radius 2 is 1.96 bits per heavy atom. The number of carbonyl (C=O) groups excluding carboxylic acids is 1. The fourth-order valence-electron chi connectivity index (χ4n) is 4.21. The molecule has 26 heavy (non-hydrogen) atoms. The zero-order chi connectivity index (χ0) is 17.8. The number of aromatic nitrogens is 3. The molecule has 5 nitrogen and oxygen atoms in total. The fraction of sp³-hybridized carbons (Fsp3) is 0.476. The van der Waals surface area contributed by atoms with E-state index in [2.05, 4.69) is 20.8 Å². The van der Waals surface area contributed by atoms with E-state index in [1.807, 2.05) is 12.3 Å². The maximum Gasteiger partial charge on any atom is 0.172 e. The molecular formula is C21H25N3O2. The summed E-state index contributed by atoms with van der Waals surface area (Å²) < 4.78 is 8.22. The lowest BCUT2D eigenvalue weighted by Gasteiger charge is -2.23. The first-order valence-electron chi connectivity index (χ1n) is 9.64. The third-order valence-electron chi connectivity index (χ3n) is 5.55. The SMILES string of the molecule is O=Cc1ncccc1OCC1=C(c2ccnn2C2CCCC2)CCCC1. The zero-order valence-corrected chi connectivity index (χ0v) is 15.1. The number of pyridine rings is 1. The van der Waals surface area contributed by atoms with Crippen molar-refractivity contribution in [3.8, 4) is 5.75 Å². The molecule has 1 saturated carbocycles. The van der Waals surface area contributed by atoms with Crippen molar-refractivity contribution in [2.45, 2.75) is 57.4 Å². The van der Waals surface area contributed by atoms with E-state index in [1.165, 1.54) is 55.4 Å². The minimum atomic E-state index is 0.362. The number of carbonyl (C=O) groups is 1. The average Bonchev–Trinajstić information content (AvgIpc) is 3.38. The molecular weight excluding hydrogens is 326 g/mol. The molecule has 0 aromatic carbocycles. The Bertz CT molecular complexity index is 803. The van der Waals surface area contributed by atoms with Crippen molar-refractivity contribution in [2.24, 2.45) is 0 Å². The van der Waals surface area contributed by atoms with Gasteiger partial charge in [0.25, 0.3) is 0 Å². The Morgan fingerprint density at radius 1 is 1.12 bits per heavy atom. The van der Waals surface area contributed by atoms with E-state index >= 15 is 0 Å². The lowest BCUT2D eigenvalue weighted by Crippen LogP contribution is -2.14. The normalized spacial score (nSPS) is 18.3. The van der Waals surface area contributed by atoms with Crippen LogP contribution in [0.3, 0.4) is 0 Å². The summed E-state index contributed by atoms with van der Waals surface area (Å²) >= 11 is 0. The molecule has 0 unspecified atom stereocenters. The summed E-state index contributed by atoms with van der Waals surface area (Å²) in [5.74, 6) is 0.559. The first kappa shape index (κ1) is 17.0. The van der Waals surface area contributed by atoms with Crippen LogP contribution in [0.1, 0.15) is 73.6 Å². The van der Waals surface area contributed by atoms with Gasteiger partial charge in [0.1, 0.15) is 18.1 Å². The van der Waals surface area contributed by atoms with Crippen LogP contribution in [0.5, 0.6) is 5.75 Å². The van der Waals surface area contributed by atoms with Gasteiger partial charge >= 0.3 is 0 Å². The van der Waals surface area contributed by atoms with E-state index in [4.69, 9.17) is 4.74 Å². The van der Waals surface area contributed by atoms with E-state index in [0.29, 0.717) is 24.1 Å². The zero-order valence-electron chi connectivity index (χ0n) is 15.1. The quantitative estimate of drug-likeness (QED) is 0.713. The van der Waals surface area contributed by atoms with Gasteiger partial charge in [0.05, 0.1) is 11.7 Å². The molecule has 2 aromatic rings. The third-order valence-corrected chi connectivity index (χ3v) is 5.55. The Morgan fingerprint density at radius 3 is 2.81 bits per heavy atom. The first-order chi connectivity index (χ1) is 12.9. The lowest BCUT2D eigenvalue weighted by atomic mass is 9.90. The number of allylic oxidation sites excluding steroid dienone is 1. The Labute approximate surface area is 154 Å². The van der Waals surface area contributed by atoms with Crippen LogP contribution in [-0.2, 0) is 0 Å². The van der Waals surface area contributed by atoms with Crippen molar-refractivity contribution < 1.29 is 9.53 Å². The molecule has 0 radical (unpaired) electrons. The molecule has 0 saturated heterocycles. The molecule has 136 valence electrons. The van der Waals surface area contributed by atoms with Gasteiger partial charge in [-0.1, -0.05) is 12.8 Å². The van der Waals surface area contributed by atoms with Gasteiger partial charge in [0.2, 0.25) is 0 Å². The van der Waals surface area contributed by atoms with Crippen molar-refractivity contribution in [3.63, 3.8) is 0 Å². The molecule has 0 bridgehead atoms. The van der Waals surface area contributed by atoms with Crippen LogP contribution < -0.4 is 4.74 Å². The molecule has 5 heteroatoms. The highest BCUT2D eigenvalue weighted by atomic mass is 16.5. The van der Waals surface area contributed by atoms with Crippen molar-refractivity contribution in [3.05, 3.63) is 47.6 Å². The van der Waals surface area contributed by atoms with E-state index < -0.39 is 0 Å². The van der Waals surface area contributed by atoms with E-state index in [9.17, 15) is 4.79 Å². The van der Waals surface area contributed by atoms with Crippen molar-refractivity contribution in [2.75, 3.05) is 6.61 Å². The predicted molar refractivity (Wildman–Crippen MR) is 100 cm³/mol. The molecule has 0 atom stereocenters. The third kappa shape index (κ3) is 3.43. The number of nitrogens with zero attached hydrogens (tertiary/aromatic N) is 3. The monoisotopic (exact) mass is 351 g/mol. The van der Waals surface area contributed by atoms with Crippen LogP contribution in [0.25, 0.3) is 5.57 Å². The highest BCUT2D eigenvalue weighted by Crippen LogP contribution is 2.37. The summed E-state index contributed by atoms with van der Waals surface area (Å²) in [4.78, 5) is 15.2. The van der Waals surface area contributed by atoms with Crippen molar-refractivity contribution in [1.82, 2.24) is 14.8 Å². The van der Waals surface area contributed by atoms with Gasteiger partial charge in [-0.05, 0) is 67.9 Å². The largest absolute Gasteiger partial charge is 0.487 e. The average molecular weight is 351 g/mol. The highest BCUT2D eigenvalue weighted by Gasteiger charge is 2.24. The van der Waals surface area contributed by atoms with Crippen LogP contribution >= 0.6 is 0 Å². The smallest absolute Gasteiger partial charge is 0.172 e. The van der Waals surface area contributed by atoms with Crippen LogP contribution in [0, 0.1) is 0 Å². The Kier molecular flexibility index (Phi) is 5.14. The summed E-state index contributed by atoms with van der Waals surface area (Å²) in [6.07, 6.45) is 13.9. The molecule has 0 N–H and O–H groups in total. The molecule has 2 heterocycles. The second-order valence-electron chi connectivity index (χ2n) is 7.18. The van der Waals surface area contributed by atoms with Crippen LogP contribution in [0.4, 0.5) is 0 Å². The maximum atomic E-state index is 11.2. The van der Waals surface area contributed by atoms with E-state index in [0.717, 1.165) is 19.1 Å². The van der Waals surface area contributed by atoms with Crippen LogP contribution in [0.2, 0.25) is 0 Å². The Hall–Kier alpha value is -2.43. The summed E-state index contributed by atoms with van der Waals surface area (Å²) in [5.41, 5.74) is 4.34. The molecule has 2 aliphatic rings. The summed E-state index contributed by atoms with van der Waals surface area (Å²) in [6.45, 7) is 0.512. The van der Waals surface area contributed by atoms with Gasteiger partial charge in [-0.3, -0.25) is 9.48 Å². The highest BCUT2D eigenvalue weighted by molar-refractivity contribution is 5.76. The van der Waals surface area contributed by atoms with Gasteiger partial charge in [-0.2, -0.15) is 5.10 Å². The predicted octanol–water partition coefficient (Wildman–Crippen LogP) is 4.61. The molecule has 0 spiro atoms. The number of aldehydes is 1. The molecule has 2 aliphatic carbocycles. The van der Waals surface area contributed by atoms with Gasteiger partial charge in [0, 0.05) is 12.4 Å². The molecule has 1 fully saturated rings. The minimum Gasteiger partial charge on any atom is -0.487 e. The number of ether oxygens (including phenoxy) is 1. The minimum absolute atomic E-state index is 0.362. The second-order valence-corrected chi connectivity index (χ2v) is 7.18. The van der Waals surface area contributed by atoms with Gasteiger partial charge in [-0.25, -0.2) is 4.98 Å². The lowest BCUT2D eigenvalue weighted by molar-refractivity contribution is 0.111. The van der Waals surface area contributed by atoms with E-state index in [1.54, 1.807) is 12.3 Å². The summed E-state index contributed by atoms with van der Waals surface area (Å²) in [6, 6.07) is 6.30. The van der Waals surface area contributed by atoms with Crippen molar-refractivity contribution in [1.29, 1.82) is 0 Å². The van der Waals surface area contributed by atoms with Crippen LogP contribution in [0.15, 0.2) is 36.2 Å². The molecule has 2 aromatic heterocycles.